The van der Waals surface area contributed by atoms with Crippen molar-refractivity contribution in [1.29, 1.82) is 0 Å². The van der Waals surface area contributed by atoms with Gasteiger partial charge in [-0.05, 0) is 36.2 Å². The summed E-state index contributed by atoms with van der Waals surface area (Å²) in [5, 5.41) is 10.4. The third-order valence-corrected chi connectivity index (χ3v) is 4.68. The average Bonchev–Trinajstić information content (AvgIpc) is 3.20. The first-order chi connectivity index (χ1) is 13.0. The topological polar surface area (TPSA) is 99.2 Å². The highest BCUT2D eigenvalue weighted by atomic mass is 16.3. The van der Waals surface area contributed by atoms with Crippen LogP contribution in [0.25, 0.3) is 11.0 Å². The fraction of sp³-hybridized carbons (Fsp3) is 0.200. The molecule has 0 bridgehead atoms. The van der Waals surface area contributed by atoms with E-state index in [4.69, 9.17) is 0 Å². The smallest absolute Gasteiger partial charge is 0.296 e. The number of benzene rings is 1. The number of aromatic nitrogens is 3. The van der Waals surface area contributed by atoms with E-state index in [1.165, 1.54) is 4.90 Å². The summed E-state index contributed by atoms with van der Waals surface area (Å²) < 4.78 is 0. The van der Waals surface area contributed by atoms with Gasteiger partial charge in [-0.25, -0.2) is 4.98 Å². The van der Waals surface area contributed by atoms with E-state index >= 15 is 0 Å². The van der Waals surface area contributed by atoms with Crippen LogP contribution in [0, 0.1) is 6.92 Å². The van der Waals surface area contributed by atoms with Gasteiger partial charge >= 0.3 is 0 Å². The molecular weight excluding hydrogens is 344 g/mol. The zero-order valence-electron chi connectivity index (χ0n) is 14.9. The van der Waals surface area contributed by atoms with Gasteiger partial charge in [-0.15, -0.1) is 0 Å². The number of ketones is 1. The number of aliphatic hydroxyl groups excluding tert-OH is 1. The van der Waals surface area contributed by atoms with Gasteiger partial charge in [0.15, 0.2) is 11.5 Å². The first-order valence-electron chi connectivity index (χ1n) is 8.67. The highest BCUT2D eigenvalue weighted by Crippen LogP contribution is 2.40. The molecular formula is C20H18N4O3. The predicted octanol–water partition coefficient (Wildman–Crippen LogP) is 3.15. The lowest BCUT2D eigenvalue weighted by atomic mass is 9.96. The molecule has 0 aliphatic carbocycles. The Hall–Kier alpha value is -3.48. The molecule has 0 fully saturated rings. The molecule has 1 atom stereocenters. The van der Waals surface area contributed by atoms with Crippen molar-refractivity contribution in [2.24, 2.45) is 0 Å². The number of aromatic amines is 1. The fourth-order valence-corrected chi connectivity index (χ4v) is 3.38. The predicted molar refractivity (Wildman–Crippen MR) is 100 cm³/mol. The van der Waals surface area contributed by atoms with Crippen LogP contribution < -0.4 is 4.90 Å². The maximum atomic E-state index is 12.8. The zero-order chi connectivity index (χ0) is 19.1. The lowest BCUT2D eigenvalue weighted by molar-refractivity contribution is -0.118. The number of nitrogens with one attached hydrogen (secondary N) is 1. The van der Waals surface area contributed by atoms with Crippen LogP contribution in [0.5, 0.6) is 0 Å². The number of carbonyl (C=O) groups excluding carboxylic acids is 2. The fourth-order valence-electron chi connectivity index (χ4n) is 3.38. The molecule has 1 aliphatic rings. The van der Waals surface area contributed by atoms with E-state index < -0.39 is 17.7 Å². The van der Waals surface area contributed by atoms with Gasteiger partial charge in [0.25, 0.3) is 5.91 Å². The lowest BCUT2D eigenvalue weighted by Crippen LogP contribution is -2.32. The van der Waals surface area contributed by atoms with Crippen LogP contribution in [0.2, 0.25) is 0 Å². The van der Waals surface area contributed by atoms with Crippen LogP contribution in [0.15, 0.2) is 54.1 Å². The Bertz CT molecular complexity index is 1090. The third-order valence-electron chi connectivity index (χ3n) is 4.68. The number of Topliss-reactive ketones (excluding diaryl/α,β-unsaturated/α-hetero) is 1. The molecule has 0 saturated heterocycles. The van der Waals surface area contributed by atoms with Crippen LogP contribution >= 0.6 is 0 Å². The maximum absolute atomic E-state index is 12.8. The number of pyridine rings is 1. The number of rotatable bonds is 4. The molecule has 0 saturated carbocycles. The molecule has 1 aliphatic heterocycles. The van der Waals surface area contributed by atoms with E-state index in [0.29, 0.717) is 11.1 Å². The number of anilines is 1. The van der Waals surface area contributed by atoms with Crippen molar-refractivity contribution in [3.8, 4) is 0 Å². The summed E-state index contributed by atoms with van der Waals surface area (Å²) in [5.74, 6) is -1.20. The molecule has 7 heteroatoms. The number of carbonyl (C=O) groups is 2. The van der Waals surface area contributed by atoms with Crippen LogP contribution in [0.3, 0.4) is 0 Å². The minimum Gasteiger partial charge on any atom is -0.503 e. The quantitative estimate of drug-likeness (QED) is 0.743. The minimum absolute atomic E-state index is 0.0761. The Morgan fingerprint density at radius 3 is 2.85 bits per heavy atom. The highest BCUT2D eigenvalue weighted by Gasteiger charge is 2.45. The summed E-state index contributed by atoms with van der Waals surface area (Å²) in [6.45, 7) is 3.66. The minimum atomic E-state index is -0.777. The third kappa shape index (κ3) is 2.68. The van der Waals surface area contributed by atoms with Crippen LogP contribution in [0.1, 0.15) is 30.5 Å². The summed E-state index contributed by atoms with van der Waals surface area (Å²) in [4.78, 5) is 38.4. The number of H-pyrrole nitrogens is 1. The molecule has 7 nitrogen and oxygen atoms in total. The standard InChI is InChI=1S/C20H18N4O3/c1-3-15(25)16-17(12-5-4-8-21-10-12)24(19(27)18(16)26)20-22-13-7-6-11(2)9-14(13)23-20/h4-10,17,26H,3H2,1-2H3,(H,22,23). The Labute approximate surface area is 155 Å². The number of aryl methyl sites for hydroxylation is 1. The summed E-state index contributed by atoms with van der Waals surface area (Å²) >= 11 is 0. The van der Waals surface area contributed by atoms with Gasteiger partial charge in [-0.3, -0.25) is 19.5 Å². The van der Waals surface area contributed by atoms with Gasteiger partial charge in [-0.2, -0.15) is 0 Å². The number of aliphatic hydroxyl groups is 1. The van der Waals surface area contributed by atoms with Gasteiger partial charge in [-0.1, -0.05) is 19.1 Å². The van der Waals surface area contributed by atoms with Gasteiger partial charge in [0.1, 0.15) is 0 Å². The Balaban J connectivity index is 1.89. The zero-order valence-corrected chi connectivity index (χ0v) is 14.9. The molecule has 2 aromatic heterocycles. The van der Waals surface area contributed by atoms with Crippen molar-refractivity contribution in [1.82, 2.24) is 15.0 Å². The van der Waals surface area contributed by atoms with Crippen molar-refractivity contribution in [3.63, 3.8) is 0 Å². The van der Waals surface area contributed by atoms with Crippen LogP contribution in [-0.2, 0) is 9.59 Å². The first kappa shape index (κ1) is 17.0. The van der Waals surface area contributed by atoms with Crippen LogP contribution in [0.4, 0.5) is 5.95 Å². The average molecular weight is 362 g/mol. The van der Waals surface area contributed by atoms with Gasteiger partial charge in [0.05, 0.1) is 22.6 Å². The summed E-state index contributed by atoms with van der Waals surface area (Å²) in [5.41, 5.74) is 3.23. The van der Waals surface area contributed by atoms with Crippen molar-refractivity contribution in [2.75, 3.05) is 4.90 Å². The first-order valence-corrected chi connectivity index (χ1v) is 8.67. The molecule has 27 heavy (non-hydrogen) atoms. The molecule has 3 heterocycles. The van der Waals surface area contributed by atoms with E-state index in [1.807, 2.05) is 25.1 Å². The van der Waals surface area contributed by atoms with Crippen molar-refractivity contribution in [3.05, 3.63) is 65.2 Å². The van der Waals surface area contributed by atoms with E-state index in [1.54, 1.807) is 31.5 Å². The molecule has 1 amide bonds. The van der Waals surface area contributed by atoms with E-state index in [-0.39, 0.29) is 23.7 Å². The number of fused-ring (bicyclic) bond motifs is 1. The molecule has 2 N–H and O–H groups in total. The summed E-state index contributed by atoms with van der Waals surface area (Å²) in [6.07, 6.45) is 3.37. The van der Waals surface area contributed by atoms with Gasteiger partial charge in [0.2, 0.25) is 5.95 Å². The Morgan fingerprint density at radius 2 is 2.15 bits per heavy atom. The molecule has 136 valence electrons. The number of imidazole rings is 1. The normalized spacial score (nSPS) is 17.2. The molecule has 3 aromatic rings. The van der Waals surface area contributed by atoms with E-state index in [9.17, 15) is 14.7 Å². The van der Waals surface area contributed by atoms with Gasteiger partial charge in [0, 0.05) is 18.8 Å². The maximum Gasteiger partial charge on any atom is 0.296 e. The SMILES string of the molecule is CCC(=O)C1=C(O)C(=O)N(c2nc3ccc(C)cc3[nH]2)C1c1cccnc1. The molecule has 4 rings (SSSR count). The number of amides is 1. The molecule has 0 radical (unpaired) electrons. The Kier molecular flexibility index (Phi) is 3.99. The van der Waals surface area contributed by atoms with E-state index in [0.717, 1.165) is 11.1 Å². The summed E-state index contributed by atoms with van der Waals surface area (Å²) in [7, 11) is 0. The number of hydrogen-bond acceptors (Lipinski definition) is 5. The number of hydrogen-bond donors (Lipinski definition) is 2. The number of nitrogens with zero attached hydrogens (tertiary/aromatic N) is 3. The second-order valence-electron chi connectivity index (χ2n) is 6.48. The largest absolute Gasteiger partial charge is 0.503 e. The molecule has 0 spiro atoms. The van der Waals surface area contributed by atoms with Crippen LogP contribution in [-0.4, -0.2) is 31.7 Å². The second-order valence-corrected chi connectivity index (χ2v) is 6.48. The van der Waals surface area contributed by atoms with E-state index in [2.05, 4.69) is 15.0 Å². The molecule has 1 unspecified atom stereocenters. The molecule has 1 aromatic carbocycles. The van der Waals surface area contributed by atoms with Crippen molar-refractivity contribution < 1.29 is 14.7 Å². The highest BCUT2D eigenvalue weighted by molar-refractivity contribution is 6.16. The monoisotopic (exact) mass is 362 g/mol. The van der Waals surface area contributed by atoms with Gasteiger partial charge < -0.3 is 10.1 Å². The van der Waals surface area contributed by atoms with Crippen molar-refractivity contribution in [2.45, 2.75) is 26.3 Å². The summed E-state index contributed by atoms with van der Waals surface area (Å²) in [6, 6.07) is 8.43. The lowest BCUT2D eigenvalue weighted by Gasteiger charge is -2.24. The van der Waals surface area contributed by atoms with Crippen molar-refractivity contribution >= 4 is 28.7 Å². The second kappa shape index (κ2) is 6.35. The Morgan fingerprint density at radius 1 is 1.33 bits per heavy atom.